The van der Waals surface area contributed by atoms with Crippen LogP contribution in [0, 0.1) is 6.92 Å². The van der Waals surface area contributed by atoms with Crippen LogP contribution in [0.3, 0.4) is 0 Å². The fraction of sp³-hybridized carbons (Fsp3) is 0.688. The second-order valence-electron chi connectivity index (χ2n) is 6.29. The number of nitrogens with zero attached hydrogens (tertiary/aromatic N) is 2. The van der Waals surface area contributed by atoms with Crippen LogP contribution in [0.25, 0.3) is 0 Å². The number of thioether (sulfide) groups is 1. The third kappa shape index (κ3) is 3.67. The molecule has 2 aliphatic rings. The molecule has 2 unspecified atom stereocenters. The number of aromatic nitrogens is 1. The van der Waals surface area contributed by atoms with Gasteiger partial charge in [-0.1, -0.05) is 13.8 Å². The normalized spacial score (nSPS) is 26.9. The quantitative estimate of drug-likeness (QED) is 0.923. The van der Waals surface area contributed by atoms with Crippen LogP contribution < -0.4 is 10.2 Å². The molecule has 2 heterocycles. The van der Waals surface area contributed by atoms with Gasteiger partial charge in [0.05, 0.1) is 0 Å². The number of nitrogens with one attached hydrogen (secondary N) is 1. The maximum atomic E-state index is 4.76. The van der Waals surface area contributed by atoms with E-state index in [1.54, 1.807) is 0 Å². The Bertz CT molecular complexity index is 463. The summed E-state index contributed by atoms with van der Waals surface area (Å²) in [5, 5.41) is 4.98. The highest BCUT2D eigenvalue weighted by Crippen LogP contribution is 2.28. The largest absolute Gasteiger partial charge is 0.354 e. The van der Waals surface area contributed by atoms with Gasteiger partial charge in [-0.05, 0) is 37.5 Å². The first kappa shape index (κ1) is 14.2. The van der Waals surface area contributed by atoms with Crippen molar-refractivity contribution >= 4 is 17.6 Å². The molecule has 2 atom stereocenters. The van der Waals surface area contributed by atoms with Crippen LogP contribution in [0.2, 0.25) is 0 Å². The first-order valence-electron chi connectivity index (χ1n) is 7.71. The lowest BCUT2D eigenvalue weighted by Gasteiger charge is -2.35. The Kier molecular flexibility index (Phi) is 4.22. The van der Waals surface area contributed by atoms with Crippen LogP contribution >= 0.6 is 11.8 Å². The van der Waals surface area contributed by atoms with Gasteiger partial charge in [0.15, 0.2) is 0 Å². The molecule has 0 spiro atoms. The molecule has 3 nitrogen and oxygen atoms in total. The molecule has 110 valence electrons. The molecule has 2 fully saturated rings. The predicted octanol–water partition coefficient (Wildman–Crippen LogP) is 2.97. The lowest BCUT2D eigenvalue weighted by Crippen LogP contribution is -2.41. The van der Waals surface area contributed by atoms with E-state index in [9.17, 15) is 0 Å². The van der Waals surface area contributed by atoms with Gasteiger partial charge in [-0.2, -0.15) is 11.8 Å². The molecule has 20 heavy (non-hydrogen) atoms. The summed E-state index contributed by atoms with van der Waals surface area (Å²) in [5.41, 5.74) is 2.51. The van der Waals surface area contributed by atoms with Gasteiger partial charge in [0, 0.05) is 41.9 Å². The van der Waals surface area contributed by atoms with Gasteiger partial charge in [0.2, 0.25) is 0 Å². The first-order valence-corrected chi connectivity index (χ1v) is 8.66. The van der Waals surface area contributed by atoms with E-state index in [-0.39, 0.29) is 0 Å². The number of pyridine rings is 1. The molecular formula is C16H25N3S. The van der Waals surface area contributed by atoms with Gasteiger partial charge >= 0.3 is 0 Å². The molecular weight excluding hydrogens is 266 g/mol. The average Bonchev–Trinajstić information content (AvgIpc) is 3.18. The zero-order chi connectivity index (χ0) is 14.1. The van der Waals surface area contributed by atoms with Crippen LogP contribution in [0.5, 0.6) is 0 Å². The monoisotopic (exact) mass is 291 g/mol. The van der Waals surface area contributed by atoms with Gasteiger partial charge in [-0.15, -0.1) is 0 Å². The van der Waals surface area contributed by atoms with Gasteiger partial charge < -0.3 is 10.2 Å². The van der Waals surface area contributed by atoms with Crippen molar-refractivity contribution < 1.29 is 0 Å². The first-order chi connectivity index (χ1) is 9.60. The standard InChI is InChI=1S/C16H25N3S/c1-11-6-14(8-17-15-4-5-15)7-16(18-11)19-9-12(2)20-13(3)10-19/h6-7,12-13,15,17H,4-5,8-10H2,1-3H3. The van der Waals surface area contributed by atoms with Crippen molar-refractivity contribution in [3.05, 3.63) is 23.4 Å². The maximum Gasteiger partial charge on any atom is 0.129 e. The van der Waals surface area contributed by atoms with E-state index in [1.807, 2.05) is 0 Å². The Morgan fingerprint density at radius 1 is 1.25 bits per heavy atom. The maximum absolute atomic E-state index is 4.76. The lowest BCUT2D eigenvalue weighted by molar-refractivity contribution is 0.682. The molecule has 1 aliphatic heterocycles. The Hall–Kier alpha value is -0.740. The number of anilines is 1. The smallest absolute Gasteiger partial charge is 0.129 e. The fourth-order valence-corrected chi connectivity index (χ4v) is 4.22. The summed E-state index contributed by atoms with van der Waals surface area (Å²) >= 11 is 2.09. The van der Waals surface area contributed by atoms with Crippen molar-refractivity contribution in [2.75, 3.05) is 18.0 Å². The van der Waals surface area contributed by atoms with Gasteiger partial charge in [-0.3, -0.25) is 0 Å². The van der Waals surface area contributed by atoms with E-state index >= 15 is 0 Å². The lowest BCUT2D eigenvalue weighted by atomic mass is 10.2. The zero-order valence-corrected chi connectivity index (χ0v) is 13.5. The number of rotatable bonds is 4. The Morgan fingerprint density at radius 2 is 1.95 bits per heavy atom. The van der Waals surface area contributed by atoms with E-state index in [1.165, 1.54) is 18.4 Å². The molecule has 0 amide bonds. The van der Waals surface area contributed by atoms with Crippen molar-refractivity contribution in [2.24, 2.45) is 0 Å². The molecule has 1 saturated heterocycles. The predicted molar refractivity (Wildman–Crippen MR) is 87.6 cm³/mol. The third-order valence-electron chi connectivity index (χ3n) is 3.92. The molecule has 0 bridgehead atoms. The molecule has 0 aromatic carbocycles. The summed E-state index contributed by atoms with van der Waals surface area (Å²) in [6.45, 7) is 9.95. The molecule has 4 heteroatoms. The minimum absolute atomic E-state index is 0.689. The Balaban J connectivity index is 1.73. The molecule has 1 aromatic heterocycles. The van der Waals surface area contributed by atoms with Crippen molar-refractivity contribution in [3.63, 3.8) is 0 Å². The SMILES string of the molecule is Cc1cc(CNC2CC2)cc(N2CC(C)SC(C)C2)n1. The summed E-state index contributed by atoms with van der Waals surface area (Å²) in [4.78, 5) is 7.22. The van der Waals surface area contributed by atoms with E-state index < -0.39 is 0 Å². The highest BCUT2D eigenvalue weighted by atomic mass is 32.2. The Morgan fingerprint density at radius 3 is 2.60 bits per heavy atom. The van der Waals surface area contributed by atoms with Crippen LogP contribution in [0.1, 0.15) is 37.9 Å². The van der Waals surface area contributed by atoms with E-state index in [0.717, 1.165) is 37.2 Å². The molecule has 1 aliphatic carbocycles. The number of hydrogen-bond donors (Lipinski definition) is 1. The summed E-state index contributed by atoms with van der Waals surface area (Å²) in [5.74, 6) is 1.16. The third-order valence-corrected chi connectivity index (χ3v) is 5.14. The molecule has 1 aromatic rings. The highest BCUT2D eigenvalue weighted by molar-refractivity contribution is 8.00. The molecule has 0 radical (unpaired) electrons. The second kappa shape index (κ2) is 5.94. The van der Waals surface area contributed by atoms with Gasteiger partial charge in [0.25, 0.3) is 0 Å². The van der Waals surface area contributed by atoms with Crippen LogP contribution in [-0.4, -0.2) is 34.6 Å². The summed E-state index contributed by atoms with van der Waals surface area (Å²) in [6.07, 6.45) is 2.69. The van der Waals surface area contributed by atoms with Crippen LogP contribution in [-0.2, 0) is 6.54 Å². The van der Waals surface area contributed by atoms with Crippen LogP contribution in [0.15, 0.2) is 12.1 Å². The van der Waals surface area contributed by atoms with Crippen LogP contribution in [0.4, 0.5) is 5.82 Å². The molecule has 1 N–H and O–H groups in total. The highest BCUT2D eigenvalue weighted by Gasteiger charge is 2.24. The molecule has 1 saturated carbocycles. The summed E-state index contributed by atoms with van der Waals surface area (Å²) in [6, 6.07) is 5.25. The van der Waals surface area contributed by atoms with E-state index in [0.29, 0.717) is 10.5 Å². The van der Waals surface area contributed by atoms with E-state index in [2.05, 4.69) is 54.9 Å². The molecule has 3 rings (SSSR count). The zero-order valence-electron chi connectivity index (χ0n) is 12.7. The number of aryl methyl sites for hydroxylation is 1. The summed E-state index contributed by atoms with van der Waals surface area (Å²) < 4.78 is 0. The van der Waals surface area contributed by atoms with E-state index in [4.69, 9.17) is 4.98 Å². The fourth-order valence-electron chi connectivity index (χ4n) is 2.90. The Labute approximate surface area is 126 Å². The number of hydrogen-bond acceptors (Lipinski definition) is 4. The average molecular weight is 291 g/mol. The summed E-state index contributed by atoms with van der Waals surface area (Å²) in [7, 11) is 0. The second-order valence-corrected chi connectivity index (χ2v) is 8.17. The van der Waals surface area contributed by atoms with Crippen molar-refractivity contribution in [3.8, 4) is 0 Å². The topological polar surface area (TPSA) is 28.2 Å². The van der Waals surface area contributed by atoms with Crippen molar-refractivity contribution in [1.82, 2.24) is 10.3 Å². The van der Waals surface area contributed by atoms with Crippen molar-refractivity contribution in [1.29, 1.82) is 0 Å². The van der Waals surface area contributed by atoms with Gasteiger partial charge in [-0.25, -0.2) is 4.98 Å². The minimum Gasteiger partial charge on any atom is -0.354 e. The minimum atomic E-state index is 0.689. The van der Waals surface area contributed by atoms with Crippen molar-refractivity contribution in [2.45, 2.75) is 56.7 Å². The van der Waals surface area contributed by atoms with Gasteiger partial charge in [0.1, 0.15) is 5.82 Å².